The minimum Gasteiger partial charge on any atom is -0.461 e. The molecule has 7 rings (SSSR count). The number of nitrogen functional groups attached to an aromatic ring is 1. The number of carbonyl (C=O) groups excluding carboxylic acids is 1. The molecular formula is C37H39F7N8O3. The molecule has 2 aromatic heterocycles. The van der Waals surface area contributed by atoms with Crippen molar-refractivity contribution in [3.63, 3.8) is 0 Å². The van der Waals surface area contributed by atoms with E-state index in [9.17, 15) is 31.1 Å². The Bertz CT molecular complexity index is 2120. The third-order valence-electron chi connectivity index (χ3n) is 10.6. The summed E-state index contributed by atoms with van der Waals surface area (Å²) >= 11 is 0. The number of fused-ring (bicyclic) bond motifs is 3. The molecule has 0 unspecified atom stereocenters. The number of halogens is 7. The predicted molar refractivity (Wildman–Crippen MR) is 185 cm³/mol. The van der Waals surface area contributed by atoms with Crippen LogP contribution in [0.15, 0.2) is 18.2 Å². The average Bonchev–Trinajstić information content (AvgIpc) is 3.71. The highest BCUT2D eigenvalue weighted by atomic mass is 19.4. The molecule has 2 N–H and O–H groups in total. The van der Waals surface area contributed by atoms with Crippen molar-refractivity contribution < 1.29 is 45.0 Å². The summed E-state index contributed by atoms with van der Waals surface area (Å²) < 4.78 is 117. The first-order valence-electron chi connectivity index (χ1n) is 17.7. The Hall–Kier alpha value is -4.89. The monoisotopic (exact) mass is 776 g/mol. The first kappa shape index (κ1) is 38.4. The molecule has 6 heterocycles. The lowest BCUT2D eigenvalue weighted by Gasteiger charge is -2.33. The summed E-state index contributed by atoms with van der Waals surface area (Å²) in [6, 6.07) is 0.688. The van der Waals surface area contributed by atoms with Gasteiger partial charge in [-0.15, -0.1) is 5.92 Å². The van der Waals surface area contributed by atoms with Crippen LogP contribution in [0.3, 0.4) is 0 Å². The molecule has 1 aromatic carbocycles. The molecule has 3 aromatic rings. The number of carbonyl (C=O) groups is 1. The molecule has 2 atom stereocenters. The highest BCUT2D eigenvalue weighted by Gasteiger charge is 2.48. The van der Waals surface area contributed by atoms with Crippen molar-refractivity contribution in [2.75, 3.05) is 51.0 Å². The fourth-order valence-corrected chi connectivity index (χ4v) is 8.28. The highest BCUT2D eigenvalue weighted by Crippen LogP contribution is 2.46. The Labute approximate surface area is 312 Å². The zero-order valence-electron chi connectivity index (χ0n) is 30.4. The van der Waals surface area contributed by atoms with Crippen molar-refractivity contribution in [2.45, 2.75) is 82.7 Å². The van der Waals surface area contributed by atoms with Crippen molar-refractivity contribution in [3.8, 4) is 17.9 Å². The van der Waals surface area contributed by atoms with E-state index in [4.69, 9.17) is 20.2 Å². The Morgan fingerprint density at radius 3 is 2.55 bits per heavy atom. The van der Waals surface area contributed by atoms with Gasteiger partial charge in [-0.2, -0.15) is 41.4 Å². The van der Waals surface area contributed by atoms with Gasteiger partial charge in [-0.3, -0.25) is 14.4 Å². The predicted octanol–water partition coefficient (Wildman–Crippen LogP) is 5.90. The third-order valence-corrected chi connectivity index (χ3v) is 10.6. The summed E-state index contributed by atoms with van der Waals surface area (Å²) in [7, 11) is 2.66. The first-order valence-corrected chi connectivity index (χ1v) is 17.7. The largest absolute Gasteiger partial charge is 0.461 e. The Balaban J connectivity index is 1.33. The first-order chi connectivity index (χ1) is 25.9. The summed E-state index contributed by atoms with van der Waals surface area (Å²) in [5.41, 5.74) is 1.63. The second kappa shape index (κ2) is 14.0. The zero-order chi connectivity index (χ0) is 39.6. The van der Waals surface area contributed by atoms with Crippen LogP contribution in [0.2, 0.25) is 0 Å². The Kier molecular flexibility index (Phi) is 9.77. The number of amides is 1. The van der Waals surface area contributed by atoms with Gasteiger partial charge < -0.3 is 25.0 Å². The van der Waals surface area contributed by atoms with Gasteiger partial charge in [0.15, 0.2) is 11.5 Å². The SMILES string of the molecule is C=C1CN2CCC[C@@]2(COc2nc3c(c(N4CCCn5nc(C(=O)N(C)C)c(C(F)(F)F)c5C4)n2)CO[C@H](c2c(F)c(N)cc(C#CC)c2C(F)(F)F)C3)C1. The maximum atomic E-state index is 15.7. The molecule has 4 aliphatic heterocycles. The van der Waals surface area contributed by atoms with Gasteiger partial charge in [-0.25, -0.2) is 4.39 Å². The molecule has 294 valence electrons. The van der Waals surface area contributed by atoms with E-state index in [0.29, 0.717) is 19.4 Å². The molecule has 18 heteroatoms. The van der Waals surface area contributed by atoms with Gasteiger partial charge in [0, 0.05) is 56.8 Å². The minimum atomic E-state index is -5.03. The molecule has 0 aliphatic carbocycles. The molecule has 55 heavy (non-hydrogen) atoms. The Morgan fingerprint density at radius 2 is 1.85 bits per heavy atom. The molecule has 2 fully saturated rings. The van der Waals surface area contributed by atoms with Crippen LogP contribution in [0.5, 0.6) is 6.01 Å². The number of nitrogens with zero attached hydrogens (tertiary/aromatic N) is 7. The number of aromatic nitrogens is 4. The molecule has 0 spiro atoms. The summed E-state index contributed by atoms with van der Waals surface area (Å²) in [6.07, 6.45) is -9.13. The van der Waals surface area contributed by atoms with Gasteiger partial charge in [-0.05, 0) is 45.2 Å². The number of ether oxygens (including phenoxy) is 2. The van der Waals surface area contributed by atoms with Gasteiger partial charge >= 0.3 is 18.4 Å². The van der Waals surface area contributed by atoms with E-state index in [1.807, 2.05) is 0 Å². The molecule has 0 saturated carbocycles. The van der Waals surface area contributed by atoms with E-state index in [0.717, 1.165) is 35.9 Å². The van der Waals surface area contributed by atoms with E-state index in [1.54, 1.807) is 4.90 Å². The normalized spacial score (nSPS) is 21.4. The van der Waals surface area contributed by atoms with Crippen molar-refractivity contribution in [3.05, 3.63) is 68.9 Å². The lowest BCUT2D eigenvalue weighted by molar-refractivity contribution is -0.140. The van der Waals surface area contributed by atoms with Crippen LogP contribution in [0.25, 0.3) is 0 Å². The van der Waals surface area contributed by atoms with Crippen molar-refractivity contribution >= 4 is 17.4 Å². The number of aryl methyl sites for hydroxylation is 1. The molecule has 0 bridgehead atoms. The topological polar surface area (TPSA) is 115 Å². The van der Waals surface area contributed by atoms with E-state index in [-0.39, 0.29) is 67.0 Å². The lowest BCUT2D eigenvalue weighted by atomic mass is 9.90. The summed E-state index contributed by atoms with van der Waals surface area (Å²) in [5, 5.41) is 4.09. The lowest BCUT2D eigenvalue weighted by Crippen LogP contribution is -2.43. The molecule has 1 amide bonds. The number of benzene rings is 1. The maximum Gasteiger partial charge on any atom is 0.420 e. The van der Waals surface area contributed by atoms with Crippen LogP contribution < -0.4 is 15.4 Å². The van der Waals surface area contributed by atoms with Crippen LogP contribution in [0.1, 0.15) is 88.4 Å². The maximum absolute atomic E-state index is 15.7. The number of alkyl halides is 6. The molecule has 4 aliphatic rings. The number of rotatable bonds is 6. The second-order valence-electron chi connectivity index (χ2n) is 14.6. The number of anilines is 2. The van der Waals surface area contributed by atoms with Crippen molar-refractivity contribution in [1.29, 1.82) is 0 Å². The van der Waals surface area contributed by atoms with Gasteiger partial charge in [0.1, 0.15) is 18.0 Å². The zero-order valence-corrected chi connectivity index (χ0v) is 30.4. The number of hydrogen-bond donors (Lipinski definition) is 1. The van der Waals surface area contributed by atoms with E-state index < -0.39 is 70.4 Å². The summed E-state index contributed by atoms with van der Waals surface area (Å²) in [6.45, 7) is 6.64. The molecule has 0 radical (unpaired) electrons. The van der Waals surface area contributed by atoms with E-state index >= 15 is 4.39 Å². The number of nitrogens with two attached hydrogens (primary N) is 1. The van der Waals surface area contributed by atoms with Crippen LogP contribution >= 0.6 is 0 Å². The fraction of sp³-hybridized carbons (Fsp3) is 0.514. The van der Waals surface area contributed by atoms with E-state index in [1.165, 1.54) is 25.7 Å². The minimum absolute atomic E-state index is 0.0605. The number of hydrogen-bond acceptors (Lipinski definition) is 9. The smallest absolute Gasteiger partial charge is 0.420 e. The Morgan fingerprint density at radius 1 is 1.11 bits per heavy atom. The third kappa shape index (κ3) is 6.96. The molecule has 2 saturated heterocycles. The van der Waals surface area contributed by atoms with Crippen molar-refractivity contribution in [1.82, 2.24) is 29.5 Å². The van der Waals surface area contributed by atoms with Gasteiger partial charge in [0.25, 0.3) is 5.91 Å². The van der Waals surface area contributed by atoms with Gasteiger partial charge in [0.05, 0.1) is 47.4 Å². The van der Waals surface area contributed by atoms with Crippen LogP contribution in [0.4, 0.5) is 42.2 Å². The quantitative estimate of drug-likeness (QED) is 0.142. The average molecular weight is 777 g/mol. The molecule has 11 nitrogen and oxygen atoms in total. The van der Waals surface area contributed by atoms with E-state index in [2.05, 4.69) is 33.4 Å². The van der Waals surface area contributed by atoms with Crippen LogP contribution in [-0.4, -0.2) is 81.3 Å². The summed E-state index contributed by atoms with van der Waals surface area (Å²) in [4.78, 5) is 27.1. The van der Waals surface area contributed by atoms with Crippen LogP contribution in [0, 0.1) is 17.7 Å². The van der Waals surface area contributed by atoms with Crippen LogP contribution in [-0.2, 0) is 43.2 Å². The van der Waals surface area contributed by atoms with Crippen molar-refractivity contribution in [2.24, 2.45) is 0 Å². The second-order valence-corrected chi connectivity index (χ2v) is 14.6. The standard InChI is InChI=1S/C37H39F7N8O3/c1-5-8-21-13-23(45)30(38)27(28(21)36(39,40)41)26-14-24-22(18-54-26)32(47-34(46-24)55-19-35-9-6-11-51(35)16-20(2)15-35)50-10-7-12-52-25(17-50)29(37(42,43)44)31(48-52)33(53)49(3)4/h13,26H,2,6-7,9-12,14-19,45H2,1,3-4H3/t26-,35-/m0/s1. The summed E-state index contributed by atoms with van der Waals surface area (Å²) in [5.74, 6) is 2.71. The fourth-order valence-electron chi connectivity index (χ4n) is 8.28. The van der Waals surface area contributed by atoms with Gasteiger partial charge in [-0.1, -0.05) is 18.1 Å². The van der Waals surface area contributed by atoms with Gasteiger partial charge in [0.2, 0.25) is 0 Å². The molecular weight excluding hydrogens is 737 g/mol. The highest BCUT2D eigenvalue weighted by molar-refractivity contribution is 5.94.